The van der Waals surface area contributed by atoms with E-state index in [1.165, 1.54) is 55.3 Å². The van der Waals surface area contributed by atoms with Gasteiger partial charge in [-0.1, -0.05) is 112 Å². The Balaban J connectivity index is 1.36. The van der Waals surface area contributed by atoms with Crippen molar-refractivity contribution in [1.29, 1.82) is 0 Å². The molecule has 6 aromatic carbocycles. The Morgan fingerprint density at radius 1 is 0.500 bits per heavy atom. The van der Waals surface area contributed by atoms with Gasteiger partial charge in [0.15, 0.2) is 0 Å². The summed E-state index contributed by atoms with van der Waals surface area (Å²) in [5.74, 6) is 0. The topological polar surface area (TPSA) is 17.0 Å². The van der Waals surface area contributed by atoms with Crippen LogP contribution in [0.2, 0.25) is 0 Å². The van der Waals surface area contributed by atoms with E-state index in [9.17, 15) is 0 Å². The van der Waals surface area contributed by atoms with E-state index in [0.717, 1.165) is 11.4 Å². The highest BCUT2D eigenvalue weighted by Gasteiger charge is 2.19. The second-order valence-corrected chi connectivity index (χ2v) is 12.0. The first kappa shape index (κ1) is 25.9. The van der Waals surface area contributed by atoms with Gasteiger partial charge in [0, 0.05) is 33.4 Å². The maximum atomic E-state index is 3.72. The summed E-state index contributed by atoms with van der Waals surface area (Å²) < 4.78 is 2.39. The minimum Gasteiger partial charge on any atom is -0.355 e. The molecule has 0 aliphatic carbocycles. The molecule has 2 nitrogen and oxygen atoms in total. The Bertz CT molecular complexity index is 2030. The summed E-state index contributed by atoms with van der Waals surface area (Å²) in [6.45, 7) is 6.85. The minimum absolute atomic E-state index is 0.0672. The molecule has 0 amide bonds. The Hall–Kier alpha value is -5.08. The fourth-order valence-electron chi connectivity index (χ4n) is 5.92. The smallest absolute Gasteiger partial charge is 0.0541 e. The fraction of sp³-hybridized carbons (Fsp3) is 0.100. The predicted octanol–water partition coefficient (Wildman–Crippen LogP) is 11.2. The lowest BCUT2D eigenvalue weighted by Crippen LogP contribution is -2.10. The SMILES string of the molecule is CC(C)(C)c1ccc2c(c1)c1cc(-c3ccccc3Nc3cccc(-c4ccccc4)c3)ccc1n2-c1ccccc1. The number of nitrogens with zero attached hydrogens (tertiary/aromatic N) is 1. The summed E-state index contributed by atoms with van der Waals surface area (Å²) in [6, 6.07) is 52.3. The average Bonchev–Trinajstić information content (AvgIpc) is 3.35. The minimum atomic E-state index is 0.0672. The number of anilines is 2. The molecular formula is C40H34N2. The van der Waals surface area contributed by atoms with Gasteiger partial charge in [0.1, 0.15) is 0 Å². The largest absolute Gasteiger partial charge is 0.355 e. The third kappa shape index (κ3) is 4.76. The first-order chi connectivity index (χ1) is 20.5. The number of benzene rings is 6. The third-order valence-electron chi connectivity index (χ3n) is 8.13. The van der Waals surface area contributed by atoms with Crippen molar-refractivity contribution < 1.29 is 0 Å². The molecule has 204 valence electrons. The van der Waals surface area contributed by atoms with Crippen molar-refractivity contribution in [1.82, 2.24) is 4.57 Å². The number of para-hydroxylation sites is 2. The molecule has 7 aromatic rings. The van der Waals surface area contributed by atoms with Gasteiger partial charge < -0.3 is 9.88 Å². The normalized spacial score (nSPS) is 11.7. The van der Waals surface area contributed by atoms with Crippen molar-refractivity contribution in [2.24, 2.45) is 0 Å². The van der Waals surface area contributed by atoms with Crippen LogP contribution in [0.3, 0.4) is 0 Å². The summed E-state index contributed by atoms with van der Waals surface area (Å²) in [5.41, 5.74) is 12.0. The van der Waals surface area contributed by atoms with E-state index in [1.807, 2.05) is 0 Å². The lowest BCUT2D eigenvalue weighted by atomic mass is 9.86. The molecule has 1 aromatic heterocycles. The molecule has 0 aliphatic heterocycles. The van der Waals surface area contributed by atoms with Gasteiger partial charge in [-0.3, -0.25) is 0 Å². The molecule has 0 atom stereocenters. The molecule has 0 fully saturated rings. The van der Waals surface area contributed by atoms with Crippen LogP contribution in [0.25, 0.3) is 49.7 Å². The number of nitrogens with one attached hydrogen (secondary N) is 1. The summed E-state index contributed by atoms with van der Waals surface area (Å²) in [5, 5.41) is 6.27. The van der Waals surface area contributed by atoms with Crippen LogP contribution in [-0.4, -0.2) is 4.57 Å². The van der Waals surface area contributed by atoms with Gasteiger partial charge in [-0.25, -0.2) is 0 Å². The van der Waals surface area contributed by atoms with Crippen molar-refractivity contribution in [3.8, 4) is 27.9 Å². The summed E-state index contributed by atoms with van der Waals surface area (Å²) in [4.78, 5) is 0. The second kappa shape index (κ2) is 10.4. The van der Waals surface area contributed by atoms with Gasteiger partial charge in [0.2, 0.25) is 0 Å². The Labute approximate surface area is 247 Å². The highest BCUT2D eigenvalue weighted by molar-refractivity contribution is 6.11. The van der Waals surface area contributed by atoms with Crippen molar-refractivity contribution in [3.63, 3.8) is 0 Å². The maximum absolute atomic E-state index is 3.72. The number of hydrogen-bond acceptors (Lipinski definition) is 1. The second-order valence-electron chi connectivity index (χ2n) is 12.0. The Morgan fingerprint density at radius 2 is 1.14 bits per heavy atom. The lowest BCUT2D eigenvalue weighted by molar-refractivity contribution is 0.591. The van der Waals surface area contributed by atoms with Crippen LogP contribution >= 0.6 is 0 Å². The van der Waals surface area contributed by atoms with Crippen molar-refractivity contribution in [2.45, 2.75) is 26.2 Å². The molecule has 42 heavy (non-hydrogen) atoms. The van der Waals surface area contributed by atoms with Gasteiger partial charge in [0.05, 0.1) is 11.0 Å². The molecule has 2 heteroatoms. The van der Waals surface area contributed by atoms with Crippen LogP contribution in [0.4, 0.5) is 11.4 Å². The van der Waals surface area contributed by atoms with E-state index < -0.39 is 0 Å². The van der Waals surface area contributed by atoms with Crippen LogP contribution in [-0.2, 0) is 5.41 Å². The highest BCUT2D eigenvalue weighted by atomic mass is 15.0. The summed E-state index contributed by atoms with van der Waals surface area (Å²) >= 11 is 0. The Kier molecular flexibility index (Phi) is 6.40. The molecular weight excluding hydrogens is 508 g/mol. The number of aromatic nitrogens is 1. The molecule has 0 spiro atoms. The van der Waals surface area contributed by atoms with E-state index in [0.29, 0.717) is 0 Å². The van der Waals surface area contributed by atoms with E-state index >= 15 is 0 Å². The zero-order chi connectivity index (χ0) is 28.7. The van der Waals surface area contributed by atoms with Gasteiger partial charge in [-0.05, 0) is 82.3 Å². The zero-order valence-electron chi connectivity index (χ0n) is 24.3. The van der Waals surface area contributed by atoms with Crippen molar-refractivity contribution in [3.05, 3.63) is 151 Å². The maximum Gasteiger partial charge on any atom is 0.0541 e. The van der Waals surface area contributed by atoms with Crippen molar-refractivity contribution >= 4 is 33.2 Å². The number of rotatable bonds is 5. The standard InChI is InChI=1S/C40H34N2/c1-40(2,3)31-22-24-39-36(27-31)35-26-30(21-23-38(35)42(39)33-17-8-5-9-18-33)34-19-10-11-20-37(34)41-32-16-12-15-29(25-32)28-13-6-4-7-14-28/h4-27,41H,1-3H3. The quantitative estimate of drug-likeness (QED) is 0.229. The van der Waals surface area contributed by atoms with E-state index in [-0.39, 0.29) is 5.41 Å². The van der Waals surface area contributed by atoms with Gasteiger partial charge in [-0.15, -0.1) is 0 Å². The van der Waals surface area contributed by atoms with E-state index in [1.54, 1.807) is 0 Å². The molecule has 1 heterocycles. The molecule has 7 rings (SSSR count). The first-order valence-electron chi connectivity index (χ1n) is 14.6. The van der Waals surface area contributed by atoms with Gasteiger partial charge in [0.25, 0.3) is 0 Å². The molecule has 0 bridgehead atoms. The van der Waals surface area contributed by atoms with Gasteiger partial charge in [-0.2, -0.15) is 0 Å². The average molecular weight is 543 g/mol. The van der Waals surface area contributed by atoms with Crippen LogP contribution in [0.5, 0.6) is 0 Å². The third-order valence-corrected chi connectivity index (χ3v) is 8.13. The van der Waals surface area contributed by atoms with Gasteiger partial charge >= 0.3 is 0 Å². The van der Waals surface area contributed by atoms with Crippen LogP contribution in [0.1, 0.15) is 26.3 Å². The van der Waals surface area contributed by atoms with Crippen LogP contribution in [0.15, 0.2) is 146 Å². The predicted molar refractivity (Wildman–Crippen MR) is 180 cm³/mol. The van der Waals surface area contributed by atoms with Crippen LogP contribution in [0, 0.1) is 0 Å². The number of hydrogen-bond donors (Lipinski definition) is 1. The zero-order valence-corrected chi connectivity index (χ0v) is 24.3. The summed E-state index contributed by atoms with van der Waals surface area (Å²) in [7, 11) is 0. The van der Waals surface area contributed by atoms with Crippen molar-refractivity contribution in [2.75, 3.05) is 5.32 Å². The molecule has 0 radical (unpaired) electrons. The summed E-state index contributed by atoms with van der Waals surface area (Å²) in [6.07, 6.45) is 0. The molecule has 0 aliphatic rings. The first-order valence-corrected chi connectivity index (χ1v) is 14.6. The molecule has 0 saturated carbocycles. The molecule has 1 N–H and O–H groups in total. The molecule has 0 unspecified atom stereocenters. The van der Waals surface area contributed by atoms with E-state index in [4.69, 9.17) is 0 Å². The fourth-order valence-corrected chi connectivity index (χ4v) is 5.92. The monoisotopic (exact) mass is 542 g/mol. The molecule has 0 saturated heterocycles. The lowest BCUT2D eigenvalue weighted by Gasteiger charge is -2.19. The highest BCUT2D eigenvalue weighted by Crippen LogP contribution is 2.39. The van der Waals surface area contributed by atoms with E-state index in [2.05, 4.69) is 176 Å². The van der Waals surface area contributed by atoms with Crippen LogP contribution < -0.4 is 5.32 Å². The Morgan fingerprint density at radius 3 is 1.90 bits per heavy atom. The number of fused-ring (bicyclic) bond motifs is 3.